The summed E-state index contributed by atoms with van der Waals surface area (Å²) in [6, 6.07) is 7.26. The Balaban J connectivity index is 2.10. The van der Waals surface area contributed by atoms with Gasteiger partial charge >= 0.3 is 0 Å². The lowest BCUT2D eigenvalue weighted by Gasteiger charge is -2.16. The van der Waals surface area contributed by atoms with E-state index in [2.05, 4.69) is 0 Å². The van der Waals surface area contributed by atoms with Crippen LogP contribution in [0.1, 0.15) is 12.8 Å². The van der Waals surface area contributed by atoms with Crippen LogP contribution in [-0.2, 0) is 4.79 Å². The number of carbonyl (C=O) groups is 1. The maximum absolute atomic E-state index is 11.8. The zero-order valence-electron chi connectivity index (χ0n) is 8.90. The summed E-state index contributed by atoms with van der Waals surface area (Å²) in [7, 11) is 0. The van der Waals surface area contributed by atoms with Crippen molar-refractivity contribution in [2.24, 2.45) is 5.92 Å². The number of hydrogen-bond acceptors (Lipinski definition) is 2. The first-order valence-corrected chi connectivity index (χ1v) is 5.75. The molecule has 1 heterocycles. The molecule has 1 fully saturated rings. The van der Waals surface area contributed by atoms with E-state index >= 15 is 0 Å². The molecule has 1 saturated heterocycles. The van der Waals surface area contributed by atoms with Crippen molar-refractivity contribution in [1.82, 2.24) is 0 Å². The second-order valence-corrected chi connectivity index (χ2v) is 4.50. The molecule has 1 N–H and O–H groups in total. The molecule has 1 aliphatic heterocycles. The molecule has 1 unspecified atom stereocenters. The Labute approximate surface area is 99.6 Å². The van der Waals surface area contributed by atoms with E-state index in [4.69, 9.17) is 16.7 Å². The number of amides is 1. The van der Waals surface area contributed by atoms with E-state index in [0.717, 1.165) is 5.69 Å². The van der Waals surface area contributed by atoms with Gasteiger partial charge in [0.2, 0.25) is 5.91 Å². The van der Waals surface area contributed by atoms with Gasteiger partial charge in [-0.25, -0.2) is 0 Å². The molecule has 16 heavy (non-hydrogen) atoms. The first kappa shape index (κ1) is 11.4. The molecule has 3 nitrogen and oxygen atoms in total. The van der Waals surface area contributed by atoms with Gasteiger partial charge in [0.05, 0.1) is 0 Å². The van der Waals surface area contributed by atoms with Gasteiger partial charge in [-0.15, -0.1) is 0 Å². The summed E-state index contributed by atoms with van der Waals surface area (Å²) in [5.41, 5.74) is 0.884. The highest BCUT2D eigenvalue weighted by Gasteiger charge is 2.29. The fourth-order valence-electron chi connectivity index (χ4n) is 2.03. The highest BCUT2D eigenvalue weighted by Crippen LogP contribution is 2.27. The SMILES string of the molecule is O=C1CC(CCO)CN1c1ccc(Cl)cc1. The number of carbonyl (C=O) groups excluding carboxylic acids is 1. The second-order valence-electron chi connectivity index (χ2n) is 4.06. The predicted molar refractivity (Wildman–Crippen MR) is 63.6 cm³/mol. The molecule has 0 saturated carbocycles. The Morgan fingerprint density at radius 3 is 2.69 bits per heavy atom. The minimum atomic E-state index is 0.126. The van der Waals surface area contributed by atoms with Crippen LogP contribution in [0.25, 0.3) is 0 Å². The molecule has 0 aromatic heterocycles. The van der Waals surface area contributed by atoms with E-state index in [0.29, 0.717) is 24.4 Å². The van der Waals surface area contributed by atoms with Crippen LogP contribution in [0.15, 0.2) is 24.3 Å². The third-order valence-corrected chi connectivity index (χ3v) is 3.13. The maximum atomic E-state index is 11.8. The van der Waals surface area contributed by atoms with Crippen LogP contribution in [0.3, 0.4) is 0 Å². The van der Waals surface area contributed by atoms with Crippen molar-refractivity contribution in [1.29, 1.82) is 0 Å². The number of nitrogens with zero attached hydrogens (tertiary/aromatic N) is 1. The van der Waals surface area contributed by atoms with E-state index in [-0.39, 0.29) is 18.4 Å². The van der Waals surface area contributed by atoms with Crippen molar-refractivity contribution in [2.45, 2.75) is 12.8 Å². The van der Waals surface area contributed by atoms with Crippen molar-refractivity contribution >= 4 is 23.2 Å². The van der Waals surface area contributed by atoms with Crippen molar-refractivity contribution in [3.8, 4) is 0 Å². The topological polar surface area (TPSA) is 40.5 Å². The quantitative estimate of drug-likeness (QED) is 0.877. The summed E-state index contributed by atoms with van der Waals surface area (Å²) in [6.45, 7) is 0.841. The minimum absolute atomic E-state index is 0.126. The van der Waals surface area contributed by atoms with Gasteiger partial charge in [0, 0.05) is 30.3 Å². The van der Waals surface area contributed by atoms with Gasteiger partial charge in [0.25, 0.3) is 0 Å². The van der Waals surface area contributed by atoms with Gasteiger partial charge < -0.3 is 10.0 Å². The van der Waals surface area contributed by atoms with Crippen molar-refractivity contribution in [2.75, 3.05) is 18.1 Å². The Bertz CT molecular complexity index is 377. The molecular formula is C12H14ClNO2. The lowest BCUT2D eigenvalue weighted by atomic mass is 10.1. The number of anilines is 1. The van der Waals surface area contributed by atoms with Crippen molar-refractivity contribution < 1.29 is 9.90 Å². The molecule has 1 aromatic carbocycles. The average Bonchev–Trinajstić information content (AvgIpc) is 2.61. The van der Waals surface area contributed by atoms with Gasteiger partial charge in [0.15, 0.2) is 0 Å². The van der Waals surface area contributed by atoms with Crippen LogP contribution >= 0.6 is 11.6 Å². The van der Waals surface area contributed by atoms with Crippen LogP contribution in [0, 0.1) is 5.92 Å². The molecule has 2 rings (SSSR count). The smallest absolute Gasteiger partial charge is 0.227 e. The van der Waals surface area contributed by atoms with Crippen LogP contribution < -0.4 is 4.90 Å². The Morgan fingerprint density at radius 2 is 2.06 bits per heavy atom. The number of aliphatic hydroxyl groups is 1. The Kier molecular flexibility index (Phi) is 3.46. The highest BCUT2D eigenvalue weighted by molar-refractivity contribution is 6.30. The Hall–Kier alpha value is -1.06. The van der Waals surface area contributed by atoms with Crippen LogP contribution in [0.2, 0.25) is 5.02 Å². The van der Waals surface area contributed by atoms with Gasteiger partial charge in [0.1, 0.15) is 0 Å². The van der Waals surface area contributed by atoms with E-state index in [9.17, 15) is 4.79 Å². The number of halogens is 1. The van der Waals surface area contributed by atoms with Gasteiger partial charge in [-0.1, -0.05) is 11.6 Å². The summed E-state index contributed by atoms with van der Waals surface area (Å²) >= 11 is 5.80. The van der Waals surface area contributed by atoms with E-state index in [1.807, 2.05) is 12.1 Å². The van der Waals surface area contributed by atoms with Gasteiger partial charge in [-0.3, -0.25) is 4.79 Å². The molecule has 1 amide bonds. The van der Waals surface area contributed by atoms with Crippen molar-refractivity contribution in [3.05, 3.63) is 29.3 Å². The molecule has 0 spiro atoms. The van der Waals surface area contributed by atoms with E-state index < -0.39 is 0 Å². The lowest BCUT2D eigenvalue weighted by Crippen LogP contribution is -2.24. The molecule has 0 aliphatic carbocycles. The van der Waals surface area contributed by atoms with Crippen molar-refractivity contribution in [3.63, 3.8) is 0 Å². The maximum Gasteiger partial charge on any atom is 0.227 e. The summed E-state index contributed by atoms with van der Waals surface area (Å²) in [4.78, 5) is 13.5. The molecule has 0 radical (unpaired) electrons. The molecule has 86 valence electrons. The van der Waals surface area contributed by atoms with Crippen LogP contribution in [-0.4, -0.2) is 24.2 Å². The first-order chi connectivity index (χ1) is 7.70. The van der Waals surface area contributed by atoms with Gasteiger partial charge in [-0.05, 0) is 36.6 Å². The van der Waals surface area contributed by atoms with Gasteiger partial charge in [-0.2, -0.15) is 0 Å². The zero-order chi connectivity index (χ0) is 11.5. The number of benzene rings is 1. The van der Waals surface area contributed by atoms with E-state index in [1.165, 1.54) is 0 Å². The number of hydrogen-bond donors (Lipinski definition) is 1. The molecule has 1 atom stereocenters. The Morgan fingerprint density at radius 1 is 1.38 bits per heavy atom. The molecule has 1 aromatic rings. The molecule has 0 bridgehead atoms. The average molecular weight is 240 g/mol. The fraction of sp³-hybridized carbons (Fsp3) is 0.417. The molecule has 4 heteroatoms. The summed E-state index contributed by atoms with van der Waals surface area (Å²) in [5, 5.41) is 9.53. The summed E-state index contributed by atoms with van der Waals surface area (Å²) < 4.78 is 0. The number of rotatable bonds is 3. The van der Waals surface area contributed by atoms with Crippen LogP contribution in [0.4, 0.5) is 5.69 Å². The molecule has 1 aliphatic rings. The third kappa shape index (κ3) is 2.36. The predicted octanol–water partition coefficient (Wildman–Crippen LogP) is 2.08. The zero-order valence-corrected chi connectivity index (χ0v) is 9.65. The first-order valence-electron chi connectivity index (χ1n) is 5.37. The van der Waals surface area contributed by atoms with Crippen LogP contribution in [0.5, 0.6) is 0 Å². The summed E-state index contributed by atoms with van der Waals surface area (Å²) in [5.74, 6) is 0.397. The second kappa shape index (κ2) is 4.85. The third-order valence-electron chi connectivity index (χ3n) is 2.88. The molecular weight excluding hydrogens is 226 g/mol. The van der Waals surface area contributed by atoms with E-state index in [1.54, 1.807) is 17.0 Å². The standard InChI is InChI=1S/C12H14ClNO2/c13-10-1-3-11(4-2-10)14-8-9(5-6-15)7-12(14)16/h1-4,9,15H,5-8H2. The lowest BCUT2D eigenvalue weighted by molar-refractivity contribution is -0.117. The summed E-state index contributed by atoms with van der Waals surface area (Å²) in [6.07, 6.45) is 1.22. The normalized spacial score (nSPS) is 20.5. The largest absolute Gasteiger partial charge is 0.396 e. The minimum Gasteiger partial charge on any atom is -0.396 e. The number of aliphatic hydroxyl groups excluding tert-OH is 1. The monoisotopic (exact) mass is 239 g/mol. The highest BCUT2D eigenvalue weighted by atomic mass is 35.5. The fourth-order valence-corrected chi connectivity index (χ4v) is 2.15.